The zero-order valence-corrected chi connectivity index (χ0v) is 8.10. The Hall–Kier alpha value is -1.91. The fourth-order valence-corrected chi connectivity index (χ4v) is 1.30. The van der Waals surface area contributed by atoms with Gasteiger partial charge >= 0.3 is 0 Å². The minimum atomic E-state index is 0.565. The standard InChI is InChI=1S/C9H11N5/c1-6-8(5-14(2)13-6)9-11-3-7(10)4-12-9/h3-5H,10H2,1-2H3. The quantitative estimate of drug-likeness (QED) is 0.719. The van der Waals surface area contributed by atoms with Gasteiger partial charge in [0.1, 0.15) is 0 Å². The first-order valence-corrected chi connectivity index (χ1v) is 4.25. The van der Waals surface area contributed by atoms with E-state index in [2.05, 4.69) is 15.1 Å². The molecule has 0 fully saturated rings. The van der Waals surface area contributed by atoms with Crippen LogP contribution in [0.15, 0.2) is 18.6 Å². The highest BCUT2D eigenvalue weighted by atomic mass is 15.3. The molecule has 0 bridgehead atoms. The summed E-state index contributed by atoms with van der Waals surface area (Å²) in [5, 5.41) is 4.22. The van der Waals surface area contributed by atoms with E-state index in [1.807, 2.05) is 20.2 Å². The molecule has 5 nitrogen and oxygen atoms in total. The van der Waals surface area contributed by atoms with Crippen molar-refractivity contribution in [3.63, 3.8) is 0 Å². The molecule has 0 radical (unpaired) electrons. The van der Waals surface area contributed by atoms with Crippen molar-refractivity contribution in [2.75, 3.05) is 5.73 Å². The van der Waals surface area contributed by atoms with Crippen LogP contribution >= 0.6 is 0 Å². The molecule has 0 saturated heterocycles. The summed E-state index contributed by atoms with van der Waals surface area (Å²) in [7, 11) is 1.87. The van der Waals surface area contributed by atoms with E-state index in [0.29, 0.717) is 11.5 Å². The Labute approximate surface area is 81.6 Å². The van der Waals surface area contributed by atoms with Crippen molar-refractivity contribution in [2.45, 2.75) is 6.92 Å². The van der Waals surface area contributed by atoms with Gasteiger partial charge in [0.05, 0.1) is 29.3 Å². The molecule has 0 aliphatic carbocycles. The minimum absolute atomic E-state index is 0.565. The fraction of sp³-hybridized carbons (Fsp3) is 0.222. The van der Waals surface area contributed by atoms with Gasteiger partial charge in [0.2, 0.25) is 0 Å². The van der Waals surface area contributed by atoms with Crippen LogP contribution in [0.2, 0.25) is 0 Å². The predicted octanol–water partition coefficient (Wildman–Crippen LogP) is 0.768. The second kappa shape index (κ2) is 3.10. The predicted molar refractivity (Wildman–Crippen MR) is 53.4 cm³/mol. The number of rotatable bonds is 1. The first kappa shape index (κ1) is 8.68. The highest BCUT2D eigenvalue weighted by molar-refractivity contribution is 5.57. The lowest BCUT2D eigenvalue weighted by Gasteiger charge is -1.96. The van der Waals surface area contributed by atoms with E-state index in [1.165, 1.54) is 0 Å². The van der Waals surface area contributed by atoms with Crippen molar-refractivity contribution in [1.29, 1.82) is 0 Å². The maximum Gasteiger partial charge on any atom is 0.162 e. The molecule has 0 atom stereocenters. The number of aryl methyl sites for hydroxylation is 2. The molecule has 0 amide bonds. The van der Waals surface area contributed by atoms with Crippen molar-refractivity contribution < 1.29 is 0 Å². The summed E-state index contributed by atoms with van der Waals surface area (Å²) in [6.07, 6.45) is 5.07. The lowest BCUT2D eigenvalue weighted by Crippen LogP contribution is -1.92. The second-order valence-corrected chi connectivity index (χ2v) is 3.14. The van der Waals surface area contributed by atoms with Crippen LogP contribution < -0.4 is 5.73 Å². The largest absolute Gasteiger partial charge is 0.396 e. The summed E-state index contributed by atoms with van der Waals surface area (Å²) in [5.41, 5.74) is 7.92. The van der Waals surface area contributed by atoms with Gasteiger partial charge in [-0.25, -0.2) is 9.97 Å². The third-order valence-corrected chi connectivity index (χ3v) is 1.93. The van der Waals surface area contributed by atoms with Gasteiger partial charge in [-0.1, -0.05) is 0 Å². The number of aromatic nitrogens is 4. The lowest BCUT2D eigenvalue weighted by molar-refractivity contribution is 0.756. The van der Waals surface area contributed by atoms with E-state index >= 15 is 0 Å². The molecule has 0 unspecified atom stereocenters. The van der Waals surface area contributed by atoms with Crippen LogP contribution in [0.5, 0.6) is 0 Å². The van der Waals surface area contributed by atoms with Gasteiger partial charge < -0.3 is 5.73 Å². The van der Waals surface area contributed by atoms with Crippen LogP contribution in [0.4, 0.5) is 5.69 Å². The van der Waals surface area contributed by atoms with E-state index in [9.17, 15) is 0 Å². The topological polar surface area (TPSA) is 69.6 Å². The van der Waals surface area contributed by atoms with Crippen LogP contribution in [0.1, 0.15) is 5.69 Å². The van der Waals surface area contributed by atoms with Gasteiger partial charge in [0, 0.05) is 13.2 Å². The highest BCUT2D eigenvalue weighted by Gasteiger charge is 2.07. The molecule has 2 N–H and O–H groups in total. The van der Waals surface area contributed by atoms with Crippen LogP contribution in [0.3, 0.4) is 0 Å². The summed E-state index contributed by atoms with van der Waals surface area (Å²) in [5.74, 6) is 0.657. The van der Waals surface area contributed by atoms with Crippen molar-refractivity contribution in [2.24, 2.45) is 7.05 Å². The monoisotopic (exact) mass is 189 g/mol. The Morgan fingerprint density at radius 3 is 2.43 bits per heavy atom. The van der Waals surface area contributed by atoms with Crippen LogP contribution in [-0.2, 0) is 7.05 Å². The Balaban J connectivity index is 2.49. The maximum absolute atomic E-state index is 5.50. The lowest BCUT2D eigenvalue weighted by atomic mass is 10.2. The molecule has 2 heterocycles. The molecule has 0 saturated carbocycles. The van der Waals surface area contributed by atoms with E-state index in [0.717, 1.165) is 11.3 Å². The zero-order chi connectivity index (χ0) is 10.1. The van der Waals surface area contributed by atoms with Crippen molar-refractivity contribution in [3.8, 4) is 11.4 Å². The Morgan fingerprint density at radius 1 is 1.29 bits per heavy atom. The third-order valence-electron chi connectivity index (χ3n) is 1.93. The van der Waals surface area contributed by atoms with Gasteiger partial charge in [-0.05, 0) is 6.92 Å². The van der Waals surface area contributed by atoms with Gasteiger partial charge in [-0.2, -0.15) is 5.10 Å². The van der Waals surface area contributed by atoms with Crippen molar-refractivity contribution in [3.05, 3.63) is 24.3 Å². The summed E-state index contributed by atoms with van der Waals surface area (Å²) in [6.45, 7) is 1.93. The summed E-state index contributed by atoms with van der Waals surface area (Å²) in [6, 6.07) is 0. The normalized spacial score (nSPS) is 10.4. The van der Waals surface area contributed by atoms with Gasteiger partial charge in [0.15, 0.2) is 5.82 Å². The average Bonchev–Trinajstić information content (AvgIpc) is 2.47. The molecule has 2 rings (SSSR count). The molecular weight excluding hydrogens is 178 g/mol. The van der Waals surface area contributed by atoms with Gasteiger partial charge in [0.25, 0.3) is 0 Å². The Morgan fingerprint density at radius 2 is 1.93 bits per heavy atom. The summed E-state index contributed by atoms with van der Waals surface area (Å²) >= 11 is 0. The number of nitrogens with zero attached hydrogens (tertiary/aromatic N) is 4. The highest BCUT2D eigenvalue weighted by Crippen LogP contribution is 2.17. The summed E-state index contributed by atoms with van der Waals surface area (Å²) in [4.78, 5) is 8.27. The van der Waals surface area contributed by atoms with Crippen LogP contribution in [0, 0.1) is 6.92 Å². The smallest absolute Gasteiger partial charge is 0.162 e. The van der Waals surface area contributed by atoms with Crippen LogP contribution in [0.25, 0.3) is 11.4 Å². The van der Waals surface area contributed by atoms with Gasteiger partial charge in [-0.3, -0.25) is 4.68 Å². The Kier molecular flexibility index (Phi) is 1.92. The summed E-state index contributed by atoms with van der Waals surface area (Å²) < 4.78 is 1.74. The fourth-order valence-electron chi connectivity index (χ4n) is 1.30. The molecule has 14 heavy (non-hydrogen) atoms. The average molecular weight is 189 g/mol. The molecule has 5 heteroatoms. The molecule has 0 aromatic carbocycles. The molecule has 2 aromatic rings. The van der Waals surface area contributed by atoms with Crippen LogP contribution in [-0.4, -0.2) is 19.7 Å². The first-order valence-electron chi connectivity index (χ1n) is 4.25. The maximum atomic E-state index is 5.50. The molecular formula is C9H11N5. The van der Waals surface area contributed by atoms with E-state index < -0.39 is 0 Å². The number of anilines is 1. The number of nitrogen functional groups attached to an aromatic ring is 1. The Bertz CT molecular complexity index is 443. The number of nitrogens with two attached hydrogens (primary N) is 1. The molecule has 0 spiro atoms. The molecule has 72 valence electrons. The van der Waals surface area contributed by atoms with Crippen molar-refractivity contribution in [1.82, 2.24) is 19.7 Å². The minimum Gasteiger partial charge on any atom is -0.396 e. The zero-order valence-electron chi connectivity index (χ0n) is 8.10. The SMILES string of the molecule is Cc1nn(C)cc1-c1ncc(N)cn1. The van der Waals surface area contributed by atoms with E-state index in [-0.39, 0.29) is 0 Å². The second-order valence-electron chi connectivity index (χ2n) is 3.14. The van der Waals surface area contributed by atoms with E-state index in [1.54, 1.807) is 17.1 Å². The molecule has 0 aliphatic heterocycles. The first-order chi connectivity index (χ1) is 6.66. The number of hydrogen-bond donors (Lipinski definition) is 1. The third kappa shape index (κ3) is 1.44. The molecule has 0 aliphatic rings. The van der Waals surface area contributed by atoms with E-state index in [4.69, 9.17) is 5.73 Å². The van der Waals surface area contributed by atoms with Crippen molar-refractivity contribution >= 4 is 5.69 Å². The molecule has 2 aromatic heterocycles. The van der Waals surface area contributed by atoms with Gasteiger partial charge in [-0.15, -0.1) is 0 Å². The number of hydrogen-bond acceptors (Lipinski definition) is 4.